The predicted molar refractivity (Wildman–Crippen MR) is 102 cm³/mol. The monoisotopic (exact) mass is 381 g/mol. The number of benzene rings is 2. The van der Waals surface area contributed by atoms with Crippen LogP contribution in [0.4, 0.5) is 8.78 Å². The summed E-state index contributed by atoms with van der Waals surface area (Å²) in [4.78, 5) is 20.4. The molecule has 0 radical (unpaired) electrons. The van der Waals surface area contributed by atoms with Crippen LogP contribution < -0.4 is 10.1 Å². The van der Waals surface area contributed by atoms with Crippen molar-refractivity contribution in [1.82, 2.24) is 10.3 Å². The van der Waals surface area contributed by atoms with Gasteiger partial charge in [0, 0.05) is 31.6 Å². The van der Waals surface area contributed by atoms with E-state index < -0.39 is 17.5 Å². The molecule has 1 heterocycles. The number of hydrogen-bond donors (Lipinski definition) is 1. The molecular formula is C21H17F2N3O2. The van der Waals surface area contributed by atoms with Gasteiger partial charge in [-0.2, -0.15) is 0 Å². The molecule has 0 spiro atoms. The van der Waals surface area contributed by atoms with Crippen molar-refractivity contribution in [3.8, 4) is 11.6 Å². The predicted octanol–water partition coefficient (Wildman–Crippen LogP) is 4.13. The van der Waals surface area contributed by atoms with Gasteiger partial charge in [0.1, 0.15) is 22.9 Å². The summed E-state index contributed by atoms with van der Waals surface area (Å²) in [5.41, 5.74) is 1.16. The van der Waals surface area contributed by atoms with E-state index >= 15 is 0 Å². The number of pyridine rings is 1. The zero-order valence-electron chi connectivity index (χ0n) is 15.0. The minimum Gasteiger partial charge on any atom is -0.438 e. The Labute approximate surface area is 160 Å². The molecule has 3 rings (SSSR count). The second-order valence-electron chi connectivity index (χ2n) is 5.83. The lowest BCUT2D eigenvalue weighted by Gasteiger charge is -2.11. The third kappa shape index (κ3) is 4.76. The highest BCUT2D eigenvalue weighted by Gasteiger charge is 2.15. The van der Waals surface area contributed by atoms with Crippen molar-refractivity contribution in [2.45, 2.75) is 6.54 Å². The first-order valence-corrected chi connectivity index (χ1v) is 8.44. The highest BCUT2D eigenvalue weighted by Crippen LogP contribution is 2.23. The minimum atomic E-state index is -0.469. The summed E-state index contributed by atoms with van der Waals surface area (Å²) in [6.07, 6.45) is 3.02. The van der Waals surface area contributed by atoms with E-state index in [9.17, 15) is 13.6 Å². The normalized spacial score (nSPS) is 10.8. The SMILES string of the molecule is CN=Cc1ccc(CNC(=O)c2cccnc2Oc2ccc(F)cc2)c(F)c1. The standard InChI is InChI=1S/C21H17F2N3O2/c1-24-12-14-4-5-15(19(23)11-14)13-26-20(27)18-3-2-10-25-21(18)28-17-8-6-16(22)7-9-17/h2-12H,13H2,1H3,(H,26,27). The third-order valence-corrected chi connectivity index (χ3v) is 3.84. The molecule has 2 aromatic carbocycles. The van der Waals surface area contributed by atoms with Gasteiger partial charge < -0.3 is 10.1 Å². The molecule has 7 heteroatoms. The van der Waals surface area contributed by atoms with Crippen molar-refractivity contribution in [1.29, 1.82) is 0 Å². The van der Waals surface area contributed by atoms with E-state index in [-0.39, 0.29) is 18.0 Å². The van der Waals surface area contributed by atoms with Gasteiger partial charge in [-0.3, -0.25) is 9.79 Å². The van der Waals surface area contributed by atoms with E-state index in [1.54, 1.807) is 37.5 Å². The molecular weight excluding hydrogens is 364 g/mol. The smallest absolute Gasteiger partial charge is 0.257 e. The number of ether oxygens (including phenoxy) is 1. The van der Waals surface area contributed by atoms with Crippen LogP contribution in [0.25, 0.3) is 0 Å². The maximum atomic E-state index is 14.1. The van der Waals surface area contributed by atoms with Crippen molar-refractivity contribution in [3.05, 3.63) is 89.1 Å². The fraction of sp³-hybridized carbons (Fsp3) is 0.0952. The molecule has 0 saturated carbocycles. The molecule has 0 aliphatic carbocycles. The molecule has 0 aliphatic heterocycles. The number of nitrogens with zero attached hydrogens (tertiary/aromatic N) is 2. The van der Waals surface area contributed by atoms with Gasteiger partial charge >= 0.3 is 0 Å². The van der Waals surface area contributed by atoms with Crippen LogP contribution in [0.2, 0.25) is 0 Å². The molecule has 0 atom stereocenters. The Morgan fingerprint density at radius 2 is 1.96 bits per heavy atom. The molecule has 1 aromatic heterocycles. The largest absolute Gasteiger partial charge is 0.438 e. The Kier molecular flexibility index (Phi) is 6.06. The molecule has 0 fully saturated rings. The Morgan fingerprint density at radius 3 is 2.68 bits per heavy atom. The number of carbonyl (C=O) groups excluding carboxylic acids is 1. The lowest BCUT2D eigenvalue weighted by Crippen LogP contribution is -2.24. The van der Waals surface area contributed by atoms with Crippen LogP contribution in [0, 0.1) is 11.6 Å². The van der Waals surface area contributed by atoms with E-state index in [2.05, 4.69) is 15.3 Å². The summed E-state index contributed by atoms with van der Waals surface area (Å²) in [5, 5.41) is 2.65. The summed E-state index contributed by atoms with van der Waals surface area (Å²) < 4.78 is 32.7. The second kappa shape index (κ2) is 8.85. The summed E-state index contributed by atoms with van der Waals surface area (Å²) in [5.74, 6) is -0.893. The highest BCUT2D eigenvalue weighted by molar-refractivity contribution is 5.96. The van der Waals surface area contributed by atoms with Crippen LogP contribution in [0.1, 0.15) is 21.5 Å². The molecule has 0 bridgehead atoms. The molecule has 5 nitrogen and oxygen atoms in total. The maximum absolute atomic E-state index is 14.1. The van der Waals surface area contributed by atoms with Crippen LogP contribution in [-0.4, -0.2) is 24.2 Å². The van der Waals surface area contributed by atoms with Crippen LogP contribution in [0.5, 0.6) is 11.6 Å². The summed E-state index contributed by atoms with van der Waals surface area (Å²) in [6.45, 7) is -0.000896. The Hall–Kier alpha value is -3.61. The molecule has 1 N–H and O–H groups in total. The summed E-state index contributed by atoms with van der Waals surface area (Å²) in [7, 11) is 1.60. The molecule has 1 amide bonds. The quantitative estimate of drug-likeness (QED) is 0.653. The third-order valence-electron chi connectivity index (χ3n) is 3.84. The Morgan fingerprint density at radius 1 is 1.18 bits per heavy atom. The number of aliphatic imine (C=N–C) groups is 1. The fourth-order valence-electron chi connectivity index (χ4n) is 2.47. The molecule has 0 unspecified atom stereocenters. The lowest BCUT2D eigenvalue weighted by atomic mass is 10.1. The van der Waals surface area contributed by atoms with Crippen molar-refractivity contribution in [2.75, 3.05) is 7.05 Å². The number of amides is 1. The first kappa shape index (κ1) is 19.2. The van der Waals surface area contributed by atoms with Gasteiger partial charge in [0.05, 0.1) is 0 Å². The minimum absolute atomic E-state index is 0.000896. The maximum Gasteiger partial charge on any atom is 0.257 e. The van der Waals surface area contributed by atoms with Gasteiger partial charge in [-0.1, -0.05) is 12.1 Å². The van der Waals surface area contributed by atoms with Crippen molar-refractivity contribution < 1.29 is 18.3 Å². The van der Waals surface area contributed by atoms with E-state index in [0.717, 1.165) is 0 Å². The van der Waals surface area contributed by atoms with Gasteiger partial charge in [-0.25, -0.2) is 13.8 Å². The van der Waals surface area contributed by atoms with Crippen LogP contribution >= 0.6 is 0 Å². The molecule has 142 valence electrons. The zero-order valence-corrected chi connectivity index (χ0v) is 15.0. The number of aromatic nitrogens is 1. The number of nitrogens with one attached hydrogen (secondary N) is 1. The van der Waals surface area contributed by atoms with Gasteiger partial charge in [-0.05, 0) is 48.0 Å². The fourth-order valence-corrected chi connectivity index (χ4v) is 2.47. The Balaban J connectivity index is 1.72. The summed E-state index contributed by atoms with van der Waals surface area (Å²) in [6, 6.07) is 13.1. The van der Waals surface area contributed by atoms with Gasteiger partial charge in [-0.15, -0.1) is 0 Å². The second-order valence-corrected chi connectivity index (χ2v) is 5.83. The van der Waals surface area contributed by atoms with Crippen LogP contribution in [-0.2, 0) is 6.54 Å². The van der Waals surface area contributed by atoms with Crippen LogP contribution in [0.15, 0.2) is 65.8 Å². The van der Waals surface area contributed by atoms with Gasteiger partial charge in [0.25, 0.3) is 5.91 Å². The molecule has 3 aromatic rings. The van der Waals surface area contributed by atoms with Gasteiger partial charge in [0.15, 0.2) is 0 Å². The number of halogens is 2. The average Bonchev–Trinajstić information content (AvgIpc) is 2.69. The van der Waals surface area contributed by atoms with Crippen molar-refractivity contribution in [3.63, 3.8) is 0 Å². The first-order chi connectivity index (χ1) is 13.6. The molecule has 28 heavy (non-hydrogen) atoms. The van der Waals surface area contributed by atoms with E-state index in [0.29, 0.717) is 16.9 Å². The van der Waals surface area contributed by atoms with E-state index in [1.165, 1.54) is 36.5 Å². The average molecular weight is 381 g/mol. The number of carbonyl (C=O) groups is 1. The topological polar surface area (TPSA) is 63.6 Å². The number of rotatable bonds is 6. The first-order valence-electron chi connectivity index (χ1n) is 8.44. The molecule has 0 saturated heterocycles. The zero-order chi connectivity index (χ0) is 19.9. The van der Waals surface area contributed by atoms with E-state index in [4.69, 9.17) is 4.74 Å². The van der Waals surface area contributed by atoms with Crippen molar-refractivity contribution in [2.24, 2.45) is 4.99 Å². The van der Waals surface area contributed by atoms with Crippen molar-refractivity contribution >= 4 is 12.1 Å². The molecule has 0 aliphatic rings. The van der Waals surface area contributed by atoms with Gasteiger partial charge in [0.2, 0.25) is 5.88 Å². The van der Waals surface area contributed by atoms with E-state index in [1.807, 2.05) is 0 Å². The van der Waals surface area contributed by atoms with Crippen LogP contribution in [0.3, 0.4) is 0 Å². The highest BCUT2D eigenvalue weighted by atomic mass is 19.1. The Bertz CT molecular complexity index is 1000. The number of hydrogen-bond acceptors (Lipinski definition) is 4. The summed E-state index contributed by atoms with van der Waals surface area (Å²) >= 11 is 0. The lowest BCUT2D eigenvalue weighted by molar-refractivity contribution is 0.0947.